The Morgan fingerprint density at radius 2 is 2.19 bits per heavy atom. The molecule has 0 bridgehead atoms. The standard InChI is InChI=1S/C14H21NO/c1-5-9-15(12(2)3)11-13-7-6-8-14(10-13)16-4/h6-8,10H,2,5,9,11H2,1,3-4H3. The number of ether oxygens (including phenoxy) is 1. The van der Waals surface area contributed by atoms with Gasteiger partial charge in [0.25, 0.3) is 0 Å². The van der Waals surface area contributed by atoms with Gasteiger partial charge in [-0.2, -0.15) is 0 Å². The van der Waals surface area contributed by atoms with Crippen LogP contribution in [0.4, 0.5) is 0 Å². The van der Waals surface area contributed by atoms with Crippen LogP contribution in [0.2, 0.25) is 0 Å². The molecule has 88 valence electrons. The van der Waals surface area contributed by atoms with Crippen LogP contribution in [0.5, 0.6) is 5.75 Å². The van der Waals surface area contributed by atoms with E-state index in [1.54, 1.807) is 7.11 Å². The van der Waals surface area contributed by atoms with Gasteiger partial charge in [0.05, 0.1) is 7.11 Å². The highest BCUT2D eigenvalue weighted by Crippen LogP contribution is 2.16. The zero-order valence-electron chi connectivity index (χ0n) is 10.5. The van der Waals surface area contributed by atoms with Crippen molar-refractivity contribution in [2.45, 2.75) is 26.8 Å². The predicted molar refractivity (Wildman–Crippen MR) is 68.5 cm³/mol. The number of nitrogens with zero attached hydrogens (tertiary/aromatic N) is 1. The molecule has 0 radical (unpaired) electrons. The first-order chi connectivity index (χ1) is 7.67. The van der Waals surface area contributed by atoms with Gasteiger partial charge in [-0.1, -0.05) is 25.6 Å². The molecule has 1 aromatic carbocycles. The lowest BCUT2D eigenvalue weighted by molar-refractivity contribution is 0.338. The first-order valence-electron chi connectivity index (χ1n) is 5.70. The van der Waals surface area contributed by atoms with Crippen molar-refractivity contribution in [3.8, 4) is 5.75 Å². The molecule has 0 heterocycles. The zero-order chi connectivity index (χ0) is 12.0. The fourth-order valence-corrected chi connectivity index (χ4v) is 1.67. The second kappa shape index (κ2) is 6.21. The van der Waals surface area contributed by atoms with Crippen LogP contribution < -0.4 is 4.74 Å². The first-order valence-corrected chi connectivity index (χ1v) is 5.70. The van der Waals surface area contributed by atoms with Crippen molar-refractivity contribution in [1.82, 2.24) is 4.90 Å². The van der Waals surface area contributed by atoms with Crippen LogP contribution in [-0.4, -0.2) is 18.6 Å². The normalized spacial score (nSPS) is 9.94. The van der Waals surface area contributed by atoms with Gasteiger partial charge in [-0.15, -0.1) is 0 Å². The average molecular weight is 219 g/mol. The molecule has 2 nitrogen and oxygen atoms in total. The van der Waals surface area contributed by atoms with Gasteiger partial charge in [0, 0.05) is 18.8 Å². The van der Waals surface area contributed by atoms with Crippen molar-refractivity contribution in [2.75, 3.05) is 13.7 Å². The second-order valence-corrected chi connectivity index (χ2v) is 4.01. The molecule has 1 rings (SSSR count). The Morgan fingerprint density at radius 3 is 2.75 bits per heavy atom. The van der Waals surface area contributed by atoms with Crippen LogP contribution in [-0.2, 0) is 6.54 Å². The summed E-state index contributed by atoms with van der Waals surface area (Å²) in [5, 5.41) is 0. The summed E-state index contributed by atoms with van der Waals surface area (Å²) >= 11 is 0. The second-order valence-electron chi connectivity index (χ2n) is 4.01. The Balaban J connectivity index is 2.72. The molecule has 0 fully saturated rings. The molecule has 0 aliphatic heterocycles. The molecule has 1 aromatic rings. The Bertz CT molecular complexity index is 346. The van der Waals surface area contributed by atoms with Gasteiger partial charge < -0.3 is 9.64 Å². The zero-order valence-corrected chi connectivity index (χ0v) is 10.5. The van der Waals surface area contributed by atoms with Crippen molar-refractivity contribution in [3.63, 3.8) is 0 Å². The molecule has 0 aromatic heterocycles. The van der Waals surface area contributed by atoms with Crippen molar-refractivity contribution in [3.05, 3.63) is 42.1 Å². The fourth-order valence-electron chi connectivity index (χ4n) is 1.67. The van der Waals surface area contributed by atoms with Crippen LogP contribution >= 0.6 is 0 Å². The molecule has 16 heavy (non-hydrogen) atoms. The van der Waals surface area contributed by atoms with Gasteiger partial charge in [0.15, 0.2) is 0 Å². The van der Waals surface area contributed by atoms with Gasteiger partial charge in [-0.3, -0.25) is 0 Å². The quantitative estimate of drug-likeness (QED) is 0.726. The summed E-state index contributed by atoms with van der Waals surface area (Å²) in [5.74, 6) is 0.913. The third-order valence-corrected chi connectivity index (χ3v) is 2.54. The third kappa shape index (κ3) is 3.61. The van der Waals surface area contributed by atoms with Crippen molar-refractivity contribution in [2.24, 2.45) is 0 Å². The van der Waals surface area contributed by atoms with E-state index in [4.69, 9.17) is 4.74 Å². The largest absolute Gasteiger partial charge is 0.497 e. The van der Waals surface area contributed by atoms with E-state index in [-0.39, 0.29) is 0 Å². The average Bonchev–Trinajstić information content (AvgIpc) is 2.28. The van der Waals surface area contributed by atoms with Crippen molar-refractivity contribution < 1.29 is 4.74 Å². The Morgan fingerprint density at radius 1 is 1.44 bits per heavy atom. The molecule has 2 heteroatoms. The maximum Gasteiger partial charge on any atom is 0.119 e. The topological polar surface area (TPSA) is 12.5 Å². The molecule has 0 atom stereocenters. The smallest absolute Gasteiger partial charge is 0.119 e. The van der Waals surface area contributed by atoms with E-state index in [2.05, 4.69) is 37.5 Å². The molecular formula is C14H21NO. The highest BCUT2D eigenvalue weighted by atomic mass is 16.5. The van der Waals surface area contributed by atoms with Crippen molar-refractivity contribution >= 4 is 0 Å². The van der Waals surface area contributed by atoms with E-state index in [1.807, 2.05) is 12.1 Å². The van der Waals surface area contributed by atoms with Gasteiger partial charge in [0.1, 0.15) is 5.75 Å². The number of hydrogen-bond acceptors (Lipinski definition) is 2. The Hall–Kier alpha value is -1.44. The summed E-state index contributed by atoms with van der Waals surface area (Å²) in [7, 11) is 1.70. The predicted octanol–water partition coefficient (Wildman–Crippen LogP) is 3.44. The van der Waals surface area contributed by atoms with E-state index >= 15 is 0 Å². The number of methoxy groups -OCH3 is 1. The van der Waals surface area contributed by atoms with Crippen LogP contribution in [0.25, 0.3) is 0 Å². The molecular weight excluding hydrogens is 198 g/mol. The lowest BCUT2D eigenvalue weighted by Gasteiger charge is -2.24. The maximum atomic E-state index is 5.22. The maximum absolute atomic E-state index is 5.22. The lowest BCUT2D eigenvalue weighted by Crippen LogP contribution is -2.21. The molecule has 0 N–H and O–H groups in total. The third-order valence-electron chi connectivity index (χ3n) is 2.54. The summed E-state index contributed by atoms with van der Waals surface area (Å²) in [6.07, 6.45) is 1.14. The Labute approximate surface area is 98.5 Å². The minimum Gasteiger partial charge on any atom is -0.497 e. The SMILES string of the molecule is C=C(C)N(CCC)Cc1cccc(OC)c1. The van der Waals surface area contributed by atoms with E-state index < -0.39 is 0 Å². The van der Waals surface area contributed by atoms with Gasteiger partial charge >= 0.3 is 0 Å². The van der Waals surface area contributed by atoms with E-state index in [0.717, 1.165) is 31.0 Å². The first kappa shape index (κ1) is 12.6. The highest BCUT2D eigenvalue weighted by Gasteiger charge is 2.04. The highest BCUT2D eigenvalue weighted by molar-refractivity contribution is 5.28. The Kier molecular flexibility index (Phi) is 4.90. The van der Waals surface area contributed by atoms with Crippen molar-refractivity contribution in [1.29, 1.82) is 0 Å². The molecule has 0 spiro atoms. The molecule has 0 aliphatic rings. The number of rotatable bonds is 6. The number of allylic oxidation sites excluding steroid dienone is 1. The van der Waals surface area contributed by atoms with Crippen LogP contribution in [0.1, 0.15) is 25.8 Å². The molecule has 0 saturated heterocycles. The van der Waals surface area contributed by atoms with E-state index in [9.17, 15) is 0 Å². The minimum atomic E-state index is 0.903. The number of benzene rings is 1. The van der Waals surface area contributed by atoms with Gasteiger partial charge in [-0.25, -0.2) is 0 Å². The van der Waals surface area contributed by atoms with Crippen LogP contribution in [0, 0.1) is 0 Å². The number of hydrogen-bond donors (Lipinski definition) is 0. The minimum absolute atomic E-state index is 0.903. The molecule has 0 unspecified atom stereocenters. The van der Waals surface area contributed by atoms with Crippen LogP contribution in [0.15, 0.2) is 36.5 Å². The molecule has 0 saturated carbocycles. The van der Waals surface area contributed by atoms with Crippen LogP contribution in [0.3, 0.4) is 0 Å². The fraction of sp³-hybridized carbons (Fsp3) is 0.429. The van der Waals surface area contributed by atoms with Gasteiger partial charge in [-0.05, 0) is 31.0 Å². The summed E-state index contributed by atoms with van der Waals surface area (Å²) in [4.78, 5) is 2.29. The summed E-state index contributed by atoms with van der Waals surface area (Å²) in [6.45, 7) is 10.2. The summed E-state index contributed by atoms with van der Waals surface area (Å²) in [6, 6.07) is 8.19. The monoisotopic (exact) mass is 219 g/mol. The van der Waals surface area contributed by atoms with E-state index in [0.29, 0.717) is 0 Å². The van der Waals surface area contributed by atoms with Gasteiger partial charge in [0.2, 0.25) is 0 Å². The molecule has 0 amide bonds. The van der Waals surface area contributed by atoms with E-state index in [1.165, 1.54) is 5.56 Å². The summed E-state index contributed by atoms with van der Waals surface area (Å²) < 4.78 is 5.22. The lowest BCUT2D eigenvalue weighted by atomic mass is 10.2. The molecule has 0 aliphatic carbocycles. The summed E-state index contributed by atoms with van der Waals surface area (Å²) in [5.41, 5.74) is 2.38.